The number of halogens is 3. The molecule has 1 fully saturated rings. The van der Waals surface area contributed by atoms with Crippen LogP contribution in [0.1, 0.15) is 30.9 Å². The average molecular weight is 289 g/mol. The van der Waals surface area contributed by atoms with Gasteiger partial charge in [0, 0.05) is 12.1 Å². The number of hydrogen-bond donors (Lipinski definition) is 1. The van der Waals surface area contributed by atoms with Crippen molar-refractivity contribution in [2.24, 2.45) is 0 Å². The van der Waals surface area contributed by atoms with Gasteiger partial charge in [-0.2, -0.15) is 24.9 Å². The van der Waals surface area contributed by atoms with Gasteiger partial charge in [-0.15, -0.1) is 0 Å². The first kappa shape index (κ1) is 14.7. The van der Waals surface area contributed by atoms with Crippen molar-refractivity contribution in [2.75, 3.05) is 11.5 Å². The molecule has 1 aliphatic rings. The van der Waals surface area contributed by atoms with E-state index in [0.717, 1.165) is 29.9 Å². The van der Waals surface area contributed by atoms with Gasteiger partial charge < -0.3 is 5.32 Å². The van der Waals surface area contributed by atoms with Gasteiger partial charge in [-0.3, -0.25) is 0 Å². The minimum Gasteiger partial charge on any atom is -0.307 e. The number of nitrogens with one attached hydrogen (secondary N) is 1. The third-order valence-electron chi connectivity index (χ3n) is 3.30. The summed E-state index contributed by atoms with van der Waals surface area (Å²) in [5.41, 5.74) is 0.720. The Kier molecular flexibility index (Phi) is 5.16. The fourth-order valence-corrected chi connectivity index (χ4v) is 3.45. The van der Waals surface area contributed by atoms with Crippen molar-refractivity contribution in [3.05, 3.63) is 35.9 Å². The van der Waals surface area contributed by atoms with Crippen molar-refractivity contribution in [3.8, 4) is 0 Å². The van der Waals surface area contributed by atoms with E-state index in [2.05, 4.69) is 5.32 Å². The van der Waals surface area contributed by atoms with E-state index in [4.69, 9.17) is 0 Å². The third-order valence-corrected chi connectivity index (χ3v) is 4.34. The Balaban J connectivity index is 2.05. The second-order valence-electron chi connectivity index (χ2n) is 4.84. The van der Waals surface area contributed by atoms with Crippen molar-refractivity contribution in [1.29, 1.82) is 0 Å². The fraction of sp³-hybridized carbons (Fsp3) is 0.571. The van der Waals surface area contributed by atoms with Crippen LogP contribution in [0.25, 0.3) is 0 Å². The predicted octanol–water partition coefficient (Wildman–Crippen LogP) is 4.17. The number of hydrogen-bond acceptors (Lipinski definition) is 2. The molecule has 1 unspecified atom stereocenters. The Morgan fingerprint density at radius 3 is 2.37 bits per heavy atom. The van der Waals surface area contributed by atoms with Gasteiger partial charge >= 0.3 is 6.18 Å². The highest BCUT2D eigenvalue weighted by Crippen LogP contribution is 2.31. The first-order valence-electron chi connectivity index (χ1n) is 6.50. The molecule has 1 atom stereocenters. The van der Waals surface area contributed by atoms with Gasteiger partial charge in [0.2, 0.25) is 0 Å². The van der Waals surface area contributed by atoms with Crippen LogP contribution < -0.4 is 5.32 Å². The Labute approximate surface area is 116 Å². The van der Waals surface area contributed by atoms with Gasteiger partial charge in [-0.25, -0.2) is 0 Å². The summed E-state index contributed by atoms with van der Waals surface area (Å²) in [6.45, 7) is 0. The van der Waals surface area contributed by atoms with Crippen molar-refractivity contribution in [3.63, 3.8) is 0 Å². The summed E-state index contributed by atoms with van der Waals surface area (Å²) in [4.78, 5) is 0. The number of thioether (sulfide) groups is 1. The first-order valence-corrected chi connectivity index (χ1v) is 7.65. The first-order chi connectivity index (χ1) is 9.04. The molecule has 1 aliphatic heterocycles. The monoisotopic (exact) mass is 289 g/mol. The number of benzene rings is 1. The molecule has 0 spiro atoms. The van der Waals surface area contributed by atoms with Crippen LogP contribution in [-0.4, -0.2) is 23.7 Å². The van der Waals surface area contributed by atoms with E-state index in [9.17, 15) is 13.2 Å². The molecule has 0 bridgehead atoms. The van der Waals surface area contributed by atoms with E-state index in [1.54, 1.807) is 24.3 Å². The van der Waals surface area contributed by atoms with Crippen LogP contribution in [0.3, 0.4) is 0 Å². The summed E-state index contributed by atoms with van der Waals surface area (Å²) in [6.07, 6.45) is -3.05. The van der Waals surface area contributed by atoms with E-state index in [0.29, 0.717) is 0 Å². The molecule has 1 aromatic rings. The average Bonchev–Trinajstić information content (AvgIpc) is 2.39. The maximum atomic E-state index is 12.7. The maximum absolute atomic E-state index is 12.7. The molecule has 2 rings (SSSR count). The Morgan fingerprint density at radius 2 is 1.79 bits per heavy atom. The predicted molar refractivity (Wildman–Crippen MR) is 73.3 cm³/mol. The molecule has 1 aromatic carbocycles. The van der Waals surface area contributed by atoms with Crippen LogP contribution in [0.4, 0.5) is 13.2 Å². The van der Waals surface area contributed by atoms with Gasteiger partial charge in [-0.05, 0) is 29.9 Å². The van der Waals surface area contributed by atoms with Gasteiger partial charge in [0.15, 0.2) is 0 Å². The molecule has 106 valence electrons. The SMILES string of the molecule is FC(F)(F)CC(NC1CCSCC1)c1ccccc1. The highest BCUT2D eigenvalue weighted by molar-refractivity contribution is 7.99. The molecular weight excluding hydrogens is 271 g/mol. The van der Waals surface area contributed by atoms with E-state index < -0.39 is 18.6 Å². The van der Waals surface area contributed by atoms with Gasteiger partial charge in [0.25, 0.3) is 0 Å². The molecule has 0 aromatic heterocycles. The summed E-state index contributed by atoms with van der Waals surface area (Å²) >= 11 is 1.87. The van der Waals surface area contributed by atoms with Crippen molar-refractivity contribution < 1.29 is 13.2 Å². The Bertz CT molecular complexity index is 374. The van der Waals surface area contributed by atoms with E-state index in [1.807, 2.05) is 17.8 Å². The highest BCUT2D eigenvalue weighted by atomic mass is 32.2. The molecular formula is C14H18F3NS. The third kappa shape index (κ3) is 5.07. The Morgan fingerprint density at radius 1 is 1.16 bits per heavy atom. The summed E-state index contributed by atoms with van der Waals surface area (Å²) in [6, 6.07) is 8.50. The van der Waals surface area contributed by atoms with Crippen LogP contribution >= 0.6 is 11.8 Å². The summed E-state index contributed by atoms with van der Waals surface area (Å²) < 4.78 is 38.1. The Hall–Kier alpha value is -0.680. The minimum atomic E-state index is -4.14. The lowest BCUT2D eigenvalue weighted by Crippen LogP contribution is -2.37. The minimum absolute atomic E-state index is 0.203. The second kappa shape index (κ2) is 6.66. The van der Waals surface area contributed by atoms with Crippen LogP contribution in [0.2, 0.25) is 0 Å². The zero-order chi connectivity index (χ0) is 13.7. The largest absolute Gasteiger partial charge is 0.390 e. The standard InChI is InChI=1S/C14H18F3NS/c15-14(16,17)10-13(11-4-2-1-3-5-11)18-12-6-8-19-9-7-12/h1-5,12-13,18H,6-10H2. The molecule has 0 amide bonds. The summed E-state index contributed by atoms with van der Waals surface area (Å²) in [5.74, 6) is 2.07. The van der Waals surface area contributed by atoms with E-state index >= 15 is 0 Å². The molecule has 1 saturated heterocycles. The van der Waals surface area contributed by atoms with E-state index in [-0.39, 0.29) is 6.04 Å². The number of alkyl halides is 3. The van der Waals surface area contributed by atoms with Crippen molar-refractivity contribution in [1.82, 2.24) is 5.32 Å². The number of rotatable bonds is 4. The zero-order valence-corrected chi connectivity index (χ0v) is 11.4. The van der Waals surface area contributed by atoms with Crippen LogP contribution in [0.5, 0.6) is 0 Å². The zero-order valence-electron chi connectivity index (χ0n) is 10.6. The summed E-state index contributed by atoms with van der Waals surface area (Å²) in [7, 11) is 0. The molecule has 1 N–H and O–H groups in total. The van der Waals surface area contributed by atoms with Crippen LogP contribution in [-0.2, 0) is 0 Å². The molecule has 1 nitrogen and oxygen atoms in total. The lowest BCUT2D eigenvalue weighted by Gasteiger charge is -2.29. The quantitative estimate of drug-likeness (QED) is 0.893. The van der Waals surface area contributed by atoms with E-state index in [1.165, 1.54) is 0 Å². The lowest BCUT2D eigenvalue weighted by molar-refractivity contribution is -0.141. The van der Waals surface area contributed by atoms with Gasteiger partial charge in [-0.1, -0.05) is 30.3 Å². The lowest BCUT2D eigenvalue weighted by atomic mass is 10.0. The highest BCUT2D eigenvalue weighted by Gasteiger charge is 2.33. The van der Waals surface area contributed by atoms with Gasteiger partial charge in [0.1, 0.15) is 0 Å². The van der Waals surface area contributed by atoms with Crippen LogP contribution in [0.15, 0.2) is 30.3 Å². The smallest absolute Gasteiger partial charge is 0.307 e. The molecule has 0 aliphatic carbocycles. The normalized spacial score (nSPS) is 19.3. The second-order valence-corrected chi connectivity index (χ2v) is 6.06. The molecule has 1 heterocycles. The summed E-state index contributed by atoms with van der Waals surface area (Å²) in [5, 5.41) is 3.20. The fourth-order valence-electron chi connectivity index (χ4n) is 2.34. The molecule has 0 saturated carbocycles. The van der Waals surface area contributed by atoms with Crippen LogP contribution in [0, 0.1) is 0 Å². The van der Waals surface area contributed by atoms with Crippen molar-refractivity contribution >= 4 is 11.8 Å². The topological polar surface area (TPSA) is 12.0 Å². The maximum Gasteiger partial charge on any atom is 0.390 e. The van der Waals surface area contributed by atoms with Crippen molar-refractivity contribution in [2.45, 2.75) is 37.5 Å². The molecule has 0 radical (unpaired) electrons. The molecule has 19 heavy (non-hydrogen) atoms. The molecule has 5 heteroatoms. The van der Waals surface area contributed by atoms with Gasteiger partial charge in [0.05, 0.1) is 6.42 Å².